The summed E-state index contributed by atoms with van der Waals surface area (Å²) in [5.41, 5.74) is 1.77. The first kappa shape index (κ1) is 15.6. The first-order valence-corrected chi connectivity index (χ1v) is 7.53. The van der Waals surface area contributed by atoms with Crippen LogP contribution in [-0.4, -0.2) is 25.0 Å². The highest BCUT2D eigenvalue weighted by Gasteiger charge is 2.17. The standard InChI is InChI=1S/C14H11Cl2N3OS/c1-19(2)14(20)18-13-10(6-17)11(7-21-13)9-4-3-8(15)5-12(9)16/h3-5,7H,1-2H3,(H,18,20). The van der Waals surface area contributed by atoms with E-state index in [1.807, 2.05) is 0 Å². The van der Waals surface area contributed by atoms with Crippen LogP contribution in [0.5, 0.6) is 0 Å². The average molecular weight is 340 g/mol. The van der Waals surface area contributed by atoms with Crippen molar-refractivity contribution in [1.29, 1.82) is 5.26 Å². The van der Waals surface area contributed by atoms with E-state index >= 15 is 0 Å². The van der Waals surface area contributed by atoms with Gasteiger partial charge in [-0.15, -0.1) is 11.3 Å². The van der Waals surface area contributed by atoms with Crippen molar-refractivity contribution in [2.24, 2.45) is 0 Å². The molecule has 2 rings (SSSR count). The Morgan fingerprint density at radius 2 is 2.05 bits per heavy atom. The van der Waals surface area contributed by atoms with Gasteiger partial charge in [0.1, 0.15) is 11.1 Å². The van der Waals surface area contributed by atoms with Crippen molar-refractivity contribution < 1.29 is 4.79 Å². The lowest BCUT2D eigenvalue weighted by molar-refractivity contribution is 0.231. The van der Waals surface area contributed by atoms with Crippen LogP contribution in [0, 0.1) is 11.3 Å². The second-order valence-corrected chi connectivity index (χ2v) is 6.14. The number of amides is 2. The van der Waals surface area contributed by atoms with E-state index < -0.39 is 0 Å². The van der Waals surface area contributed by atoms with Crippen LogP contribution in [0.1, 0.15) is 5.56 Å². The largest absolute Gasteiger partial charge is 0.331 e. The summed E-state index contributed by atoms with van der Waals surface area (Å²) in [6, 6.07) is 6.91. The number of thiophene rings is 1. The molecule has 21 heavy (non-hydrogen) atoms. The van der Waals surface area contributed by atoms with Gasteiger partial charge in [0.15, 0.2) is 0 Å². The molecule has 4 nitrogen and oxygen atoms in total. The number of urea groups is 1. The molecule has 1 aromatic heterocycles. The summed E-state index contributed by atoms with van der Waals surface area (Å²) in [5, 5.41) is 15.3. The number of hydrogen-bond acceptors (Lipinski definition) is 3. The number of rotatable bonds is 2. The van der Waals surface area contributed by atoms with Gasteiger partial charge >= 0.3 is 6.03 Å². The van der Waals surface area contributed by atoms with Gasteiger partial charge in [0, 0.05) is 40.6 Å². The van der Waals surface area contributed by atoms with Crippen molar-refractivity contribution in [1.82, 2.24) is 4.90 Å². The minimum Gasteiger partial charge on any atom is -0.331 e. The van der Waals surface area contributed by atoms with Crippen LogP contribution in [0.4, 0.5) is 9.80 Å². The lowest BCUT2D eigenvalue weighted by Crippen LogP contribution is -2.27. The van der Waals surface area contributed by atoms with Gasteiger partial charge in [0.2, 0.25) is 0 Å². The number of benzene rings is 1. The zero-order valence-electron chi connectivity index (χ0n) is 11.3. The van der Waals surface area contributed by atoms with Crippen LogP contribution < -0.4 is 5.32 Å². The van der Waals surface area contributed by atoms with Gasteiger partial charge in [-0.25, -0.2) is 4.79 Å². The fourth-order valence-corrected chi connectivity index (χ4v) is 3.09. The number of carbonyl (C=O) groups excluding carboxylic acids is 1. The molecule has 7 heteroatoms. The zero-order valence-corrected chi connectivity index (χ0v) is 13.6. The maximum absolute atomic E-state index is 11.7. The molecule has 0 aliphatic carbocycles. The van der Waals surface area contributed by atoms with Crippen molar-refractivity contribution in [2.45, 2.75) is 0 Å². The van der Waals surface area contributed by atoms with Gasteiger partial charge in [0.25, 0.3) is 0 Å². The molecule has 0 atom stereocenters. The summed E-state index contributed by atoms with van der Waals surface area (Å²) >= 11 is 13.3. The van der Waals surface area contributed by atoms with Gasteiger partial charge in [0.05, 0.1) is 5.56 Å². The van der Waals surface area contributed by atoms with Crippen LogP contribution in [-0.2, 0) is 0 Å². The van der Waals surface area contributed by atoms with Crippen LogP contribution in [0.15, 0.2) is 23.6 Å². The Balaban J connectivity index is 2.45. The molecule has 0 saturated carbocycles. The fraction of sp³-hybridized carbons (Fsp3) is 0.143. The van der Waals surface area contributed by atoms with E-state index in [2.05, 4.69) is 11.4 Å². The van der Waals surface area contributed by atoms with E-state index in [9.17, 15) is 10.1 Å². The summed E-state index contributed by atoms with van der Waals surface area (Å²) in [4.78, 5) is 13.1. The monoisotopic (exact) mass is 339 g/mol. The second kappa shape index (κ2) is 6.35. The Morgan fingerprint density at radius 3 is 2.62 bits per heavy atom. The Hall–Kier alpha value is -1.74. The smallest absolute Gasteiger partial charge is 0.321 e. The van der Waals surface area contributed by atoms with Crippen molar-refractivity contribution >= 4 is 45.6 Å². The molecular formula is C14H11Cl2N3OS. The fourth-order valence-electron chi connectivity index (χ4n) is 1.68. The van der Waals surface area contributed by atoms with Crippen molar-refractivity contribution in [3.63, 3.8) is 0 Å². The number of nitrogens with one attached hydrogen (secondary N) is 1. The van der Waals surface area contributed by atoms with Crippen molar-refractivity contribution in [3.05, 3.63) is 39.2 Å². The van der Waals surface area contributed by atoms with Crippen molar-refractivity contribution in [3.8, 4) is 17.2 Å². The van der Waals surface area contributed by atoms with E-state index in [4.69, 9.17) is 23.2 Å². The summed E-state index contributed by atoms with van der Waals surface area (Å²) < 4.78 is 0. The van der Waals surface area contributed by atoms with E-state index in [0.29, 0.717) is 31.7 Å². The highest BCUT2D eigenvalue weighted by atomic mass is 35.5. The molecule has 0 bridgehead atoms. The third-order valence-electron chi connectivity index (χ3n) is 2.75. The third-order valence-corrected chi connectivity index (χ3v) is 4.19. The van der Waals surface area contributed by atoms with Gasteiger partial charge < -0.3 is 4.90 Å². The van der Waals surface area contributed by atoms with E-state index in [1.165, 1.54) is 16.2 Å². The Bertz CT molecular complexity index is 734. The predicted molar refractivity (Wildman–Crippen MR) is 87.2 cm³/mol. The molecule has 0 spiro atoms. The molecular weight excluding hydrogens is 329 g/mol. The van der Waals surface area contributed by atoms with Crippen LogP contribution >= 0.6 is 34.5 Å². The third kappa shape index (κ3) is 3.30. The second-order valence-electron chi connectivity index (χ2n) is 4.41. The molecule has 1 aromatic carbocycles. The SMILES string of the molecule is CN(C)C(=O)Nc1scc(-c2ccc(Cl)cc2Cl)c1C#N. The molecule has 0 aliphatic rings. The normalized spacial score (nSPS) is 10.0. The topological polar surface area (TPSA) is 56.1 Å². The molecule has 2 amide bonds. The van der Waals surface area contributed by atoms with Crippen LogP contribution in [0.2, 0.25) is 10.0 Å². The summed E-state index contributed by atoms with van der Waals surface area (Å²) in [7, 11) is 3.26. The van der Waals surface area contributed by atoms with E-state index in [0.717, 1.165) is 0 Å². The van der Waals surface area contributed by atoms with Gasteiger partial charge in [-0.1, -0.05) is 29.3 Å². The molecule has 0 saturated heterocycles. The number of nitriles is 1. The highest BCUT2D eigenvalue weighted by molar-refractivity contribution is 7.15. The van der Waals surface area contributed by atoms with Gasteiger partial charge in [-0.05, 0) is 12.1 Å². The Kier molecular flexibility index (Phi) is 4.73. The maximum atomic E-state index is 11.7. The highest BCUT2D eigenvalue weighted by Crippen LogP contribution is 2.39. The molecule has 0 radical (unpaired) electrons. The maximum Gasteiger partial charge on any atom is 0.321 e. The number of hydrogen-bond donors (Lipinski definition) is 1. The Labute approximate surface area is 136 Å². The van der Waals surface area contributed by atoms with Crippen LogP contribution in [0.25, 0.3) is 11.1 Å². The molecule has 108 valence electrons. The molecule has 0 aliphatic heterocycles. The lowest BCUT2D eigenvalue weighted by Gasteiger charge is -2.11. The molecule has 2 aromatic rings. The molecule has 0 fully saturated rings. The zero-order chi connectivity index (χ0) is 15.6. The molecule has 1 heterocycles. The first-order chi connectivity index (χ1) is 9.93. The number of halogens is 2. The molecule has 1 N–H and O–H groups in total. The number of carbonyl (C=O) groups is 1. The van der Waals surface area contributed by atoms with E-state index in [1.54, 1.807) is 37.7 Å². The number of nitrogens with zero attached hydrogens (tertiary/aromatic N) is 2. The lowest BCUT2D eigenvalue weighted by atomic mass is 10.0. The summed E-state index contributed by atoms with van der Waals surface area (Å²) in [6.07, 6.45) is 0. The minimum atomic E-state index is -0.290. The van der Waals surface area contributed by atoms with Gasteiger partial charge in [-0.3, -0.25) is 5.32 Å². The van der Waals surface area contributed by atoms with Gasteiger partial charge in [-0.2, -0.15) is 5.26 Å². The first-order valence-electron chi connectivity index (χ1n) is 5.89. The summed E-state index contributed by atoms with van der Waals surface area (Å²) in [5.74, 6) is 0. The summed E-state index contributed by atoms with van der Waals surface area (Å²) in [6.45, 7) is 0. The van der Waals surface area contributed by atoms with E-state index in [-0.39, 0.29) is 6.03 Å². The average Bonchev–Trinajstić information content (AvgIpc) is 2.81. The van der Waals surface area contributed by atoms with Crippen LogP contribution in [0.3, 0.4) is 0 Å². The number of anilines is 1. The molecule has 0 unspecified atom stereocenters. The predicted octanol–water partition coefficient (Wildman–Crippen LogP) is 4.69. The Morgan fingerprint density at radius 1 is 1.33 bits per heavy atom. The van der Waals surface area contributed by atoms with Crippen molar-refractivity contribution in [2.75, 3.05) is 19.4 Å². The minimum absolute atomic E-state index is 0.290. The quantitative estimate of drug-likeness (QED) is 0.862.